The average molecular weight is 242 g/mol. The first-order valence-corrected chi connectivity index (χ1v) is 5.70. The topological polar surface area (TPSA) is 156 Å². The van der Waals surface area contributed by atoms with Crippen LogP contribution in [0.2, 0.25) is 0 Å². The number of rotatable bonds is 0. The highest BCUT2D eigenvalue weighted by atomic mass is 31.2. The lowest BCUT2D eigenvalue weighted by molar-refractivity contribution is 0.272. The standard InChI is InChI=1S/C2H6.CH4.2H3O4P/c1-2;;2*1-5(2,3)4/h1-2H3;1H4;2*(H3,1,2,3,4). The van der Waals surface area contributed by atoms with Crippen LogP contribution in [0.4, 0.5) is 0 Å². The summed E-state index contributed by atoms with van der Waals surface area (Å²) in [4.78, 5) is 43.1. The predicted molar refractivity (Wildman–Crippen MR) is 46.6 cm³/mol. The lowest BCUT2D eigenvalue weighted by atomic mass is 11.0. The van der Waals surface area contributed by atoms with Crippen molar-refractivity contribution in [3.05, 3.63) is 0 Å². The van der Waals surface area contributed by atoms with Gasteiger partial charge in [0.2, 0.25) is 0 Å². The van der Waals surface area contributed by atoms with E-state index >= 15 is 0 Å². The molecule has 0 rings (SSSR count). The Kier molecular flexibility index (Phi) is 18.4. The van der Waals surface area contributed by atoms with Gasteiger partial charge in [-0.1, -0.05) is 21.3 Å². The summed E-state index contributed by atoms with van der Waals surface area (Å²) in [6, 6.07) is 0. The summed E-state index contributed by atoms with van der Waals surface area (Å²) in [6.45, 7) is 4.00. The van der Waals surface area contributed by atoms with Crippen molar-refractivity contribution in [2.75, 3.05) is 0 Å². The van der Waals surface area contributed by atoms with Gasteiger partial charge in [-0.05, 0) is 0 Å². The molecule has 0 heterocycles. The molecule has 8 nitrogen and oxygen atoms in total. The van der Waals surface area contributed by atoms with Gasteiger partial charge in [-0.2, -0.15) is 0 Å². The van der Waals surface area contributed by atoms with Crippen molar-refractivity contribution in [3.63, 3.8) is 0 Å². The van der Waals surface area contributed by atoms with Crippen molar-refractivity contribution in [1.82, 2.24) is 0 Å². The molecule has 0 fully saturated rings. The minimum absolute atomic E-state index is 0. The Labute approximate surface area is 76.4 Å². The van der Waals surface area contributed by atoms with Crippen LogP contribution in [0, 0.1) is 0 Å². The Morgan fingerprint density at radius 1 is 0.692 bits per heavy atom. The molecular weight excluding hydrogens is 226 g/mol. The molecule has 0 aromatic carbocycles. The van der Waals surface area contributed by atoms with Crippen LogP contribution in [0.3, 0.4) is 0 Å². The zero-order chi connectivity index (χ0) is 11.0. The van der Waals surface area contributed by atoms with E-state index in [0.29, 0.717) is 0 Å². The van der Waals surface area contributed by atoms with Crippen molar-refractivity contribution in [3.8, 4) is 0 Å². The van der Waals surface area contributed by atoms with E-state index in [9.17, 15) is 0 Å². The summed E-state index contributed by atoms with van der Waals surface area (Å²) in [5.41, 5.74) is 0. The van der Waals surface area contributed by atoms with Gasteiger partial charge in [-0.3, -0.25) is 0 Å². The molecule has 86 valence electrons. The van der Waals surface area contributed by atoms with E-state index < -0.39 is 15.6 Å². The van der Waals surface area contributed by atoms with E-state index in [0.717, 1.165) is 0 Å². The molecule has 0 aromatic rings. The summed E-state index contributed by atoms with van der Waals surface area (Å²) in [5.74, 6) is 0. The lowest BCUT2D eigenvalue weighted by Gasteiger charge is -1.82. The van der Waals surface area contributed by atoms with Crippen LogP contribution in [-0.2, 0) is 9.13 Å². The first kappa shape index (κ1) is 23.2. The second kappa shape index (κ2) is 10.3. The minimum atomic E-state index is -4.64. The zero-order valence-corrected chi connectivity index (χ0v) is 8.18. The molecule has 10 heteroatoms. The first-order valence-electron chi connectivity index (χ1n) is 2.57. The maximum absolute atomic E-state index is 8.88. The van der Waals surface area contributed by atoms with Gasteiger partial charge in [0.15, 0.2) is 0 Å². The third-order valence-electron chi connectivity index (χ3n) is 0. The summed E-state index contributed by atoms with van der Waals surface area (Å²) in [7, 11) is -9.28. The Morgan fingerprint density at radius 2 is 0.692 bits per heavy atom. The van der Waals surface area contributed by atoms with Crippen LogP contribution in [0.1, 0.15) is 21.3 Å². The van der Waals surface area contributed by atoms with Gasteiger partial charge in [0.05, 0.1) is 0 Å². The van der Waals surface area contributed by atoms with Gasteiger partial charge in [0.1, 0.15) is 0 Å². The van der Waals surface area contributed by atoms with Crippen molar-refractivity contribution in [1.29, 1.82) is 0 Å². The van der Waals surface area contributed by atoms with Crippen LogP contribution >= 0.6 is 15.6 Å². The highest BCUT2D eigenvalue weighted by molar-refractivity contribution is 7.45. The summed E-state index contributed by atoms with van der Waals surface area (Å²) in [6.07, 6.45) is 0. The average Bonchev–Trinajstić information content (AvgIpc) is 1.59. The monoisotopic (exact) mass is 242 g/mol. The Balaban J connectivity index is -0.0000000491. The van der Waals surface area contributed by atoms with Crippen LogP contribution in [0.15, 0.2) is 0 Å². The Bertz CT molecular complexity index is 130. The van der Waals surface area contributed by atoms with Crippen LogP contribution < -0.4 is 0 Å². The molecule has 0 aromatic heterocycles. The normalized spacial score (nSPS) is 9.54. The number of hydrogen-bond donors (Lipinski definition) is 6. The van der Waals surface area contributed by atoms with E-state index in [1.54, 1.807) is 0 Å². The van der Waals surface area contributed by atoms with E-state index in [2.05, 4.69) is 0 Å². The molecule has 0 unspecified atom stereocenters. The second-order valence-electron chi connectivity index (χ2n) is 1.03. The Hall–Kier alpha value is 0.220. The second-order valence-corrected chi connectivity index (χ2v) is 3.08. The number of hydrogen-bond acceptors (Lipinski definition) is 2. The molecule has 0 radical (unpaired) electrons. The van der Waals surface area contributed by atoms with E-state index in [4.69, 9.17) is 38.5 Å². The quantitative estimate of drug-likeness (QED) is 0.319. The fraction of sp³-hybridized carbons (Fsp3) is 1.00. The van der Waals surface area contributed by atoms with Crippen molar-refractivity contribution < 1.29 is 38.5 Å². The molecule has 6 N–H and O–H groups in total. The smallest absolute Gasteiger partial charge is 0.303 e. The molecule has 0 atom stereocenters. The predicted octanol–water partition coefficient (Wildman–Crippen LogP) is -0.195. The molecule has 0 spiro atoms. The van der Waals surface area contributed by atoms with E-state index in [-0.39, 0.29) is 7.43 Å². The third-order valence-corrected chi connectivity index (χ3v) is 0. The van der Waals surface area contributed by atoms with Crippen LogP contribution in [0.5, 0.6) is 0 Å². The van der Waals surface area contributed by atoms with Crippen molar-refractivity contribution in [2.45, 2.75) is 21.3 Å². The molecular formula is C3H16O8P2. The van der Waals surface area contributed by atoms with Gasteiger partial charge in [0.25, 0.3) is 0 Å². The summed E-state index contributed by atoms with van der Waals surface area (Å²) in [5, 5.41) is 0. The fourth-order valence-corrected chi connectivity index (χ4v) is 0. The van der Waals surface area contributed by atoms with Crippen molar-refractivity contribution >= 4 is 15.6 Å². The van der Waals surface area contributed by atoms with E-state index in [1.807, 2.05) is 13.8 Å². The summed E-state index contributed by atoms with van der Waals surface area (Å²) < 4.78 is 17.8. The van der Waals surface area contributed by atoms with Gasteiger partial charge in [-0.15, -0.1) is 0 Å². The molecule has 0 bridgehead atoms. The Morgan fingerprint density at radius 3 is 0.692 bits per heavy atom. The first-order chi connectivity index (χ1) is 5.00. The molecule has 0 saturated carbocycles. The van der Waals surface area contributed by atoms with Crippen LogP contribution in [0.25, 0.3) is 0 Å². The summed E-state index contributed by atoms with van der Waals surface area (Å²) >= 11 is 0. The number of phosphoric acid groups is 2. The molecule has 0 aliphatic carbocycles. The van der Waals surface area contributed by atoms with Gasteiger partial charge in [0, 0.05) is 0 Å². The fourth-order valence-electron chi connectivity index (χ4n) is 0. The SMILES string of the molecule is C.CC.O=P(O)(O)O.O=P(O)(O)O. The largest absolute Gasteiger partial charge is 0.466 e. The molecule has 13 heavy (non-hydrogen) atoms. The van der Waals surface area contributed by atoms with Crippen molar-refractivity contribution in [2.24, 2.45) is 0 Å². The zero-order valence-electron chi connectivity index (χ0n) is 6.39. The highest BCUT2D eigenvalue weighted by Gasteiger charge is 2.00. The maximum Gasteiger partial charge on any atom is 0.466 e. The maximum atomic E-state index is 8.88. The molecule has 0 saturated heterocycles. The van der Waals surface area contributed by atoms with Gasteiger partial charge >= 0.3 is 15.6 Å². The lowest BCUT2D eigenvalue weighted by Crippen LogP contribution is -1.66. The molecule has 0 aliphatic heterocycles. The van der Waals surface area contributed by atoms with Gasteiger partial charge in [-0.25, -0.2) is 9.13 Å². The molecule has 0 aliphatic rings. The van der Waals surface area contributed by atoms with E-state index in [1.165, 1.54) is 0 Å². The van der Waals surface area contributed by atoms with Gasteiger partial charge < -0.3 is 29.4 Å². The van der Waals surface area contributed by atoms with Crippen LogP contribution in [-0.4, -0.2) is 29.4 Å². The highest BCUT2D eigenvalue weighted by Crippen LogP contribution is 2.26. The molecule has 0 amide bonds. The minimum Gasteiger partial charge on any atom is -0.303 e. The third kappa shape index (κ3) is 26400.